The van der Waals surface area contributed by atoms with Gasteiger partial charge in [0.2, 0.25) is 11.8 Å². The number of benzene rings is 1. The molecule has 2 aromatic rings. The van der Waals surface area contributed by atoms with Gasteiger partial charge in [0.15, 0.2) is 0 Å². The van der Waals surface area contributed by atoms with E-state index >= 15 is 0 Å². The first-order valence-electron chi connectivity index (χ1n) is 6.96. The van der Waals surface area contributed by atoms with Crippen molar-refractivity contribution >= 4 is 45.8 Å². The zero-order chi connectivity index (χ0) is 15.3. The number of nitrogens with zero attached hydrogens (tertiary/aromatic N) is 2. The van der Waals surface area contributed by atoms with Gasteiger partial charge in [-0.15, -0.1) is 11.8 Å². The van der Waals surface area contributed by atoms with E-state index < -0.39 is 5.92 Å². The molecule has 2 aliphatic rings. The normalized spacial score (nSPS) is 19.2. The highest BCUT2D eigenvalue weighted by atomic mass is 32.2. The van der Waals surface area contributed by atoms with Crippen LogP contribution in [0.4, 0.5) is 10.7 Å². The lowest BCUT2D eigenvalue weighted by Crippen LogP contribution is -2.36. The van der Waals surface area contributed by atoms with Gasteiger partial charge in [0, 0.05) is 17.2 Å². The van der Waals surface area contributed by atoms with Crippen LogP contribution in [0.1, 0.15) is 17.2 Å². The molecule has 4 rings (SSSR count). The number of anilines is 2. The van der Waals surface area contributed by atoms with Gasteiger partial charge in [-0.25, -0.2) is 0 Å². The summed E-state index contributed by atoms with van der Waals surface area (Å²) in [6.07, 6.45) is 0. The molecule has 2 amide bonds. The van der Waals surface area contributed by atoms with Gasteiger partial charge < -0.3 is 10.2 Å². The van der Waals surface area contributed by atoms with Crippen molar-refractivity contribution in [3.8, 4) is 0 Å². The smallest absolute Gasteiger partial charge is 0.244 e. The van der Waals surface area contributed by atoms with E-state index in [4.69, 9.17) is 0 Å². The molecule has 22 heavy (non-hydrogen) atoms. The lowest BCUT2D eigenvalue weighted by Gasteiger charge is -2.24. The fraction of sp³-hybridized carbons (Fsp3) is 0.267. The van der Waals surface area contributed by atoms with Crippen molar-refractivity contribution < 1.29 is 9.59 Å². The SMILES string of the molecule is Cc1cc(NC(=O)C2C(=O)N3CCSc4cccc2c43)sn1. The Morgan fingerprint density at radius 3 is 3.09 bits per heavy atom. The van der Waals surface area contributed by atoms with Gasteiger partial charge in [-0.05, 0) is 36.2 Å². The summed E-state index contributed by atoms with van der Waals surface area (Å²) in [7, 11) is 0. The van der Waals surface area contributed by atoms with Crippen molar-refractivity contribution in [3.63, 3.8) is 0 Å². The number of thioether (sulfide) groups is 1. The Labute approximate surface area is 135 Å². The van der Waals surface area contributed by atoms with Crippen LogP contribution in [0, 0.1) is 6.92 Å². The highest BCUT2D eigenvalue weighted by Crippen LogP contribution is 2.46. The minimum Gasteiger partial charge on any atom is -0.315 e. The number of nitrogens with one attached hydrogen (secondary N) is 1. The molecule has 0 bridgehead atoms. The van der Waals surface area contributed by atoms with Gasteiger partial charge in [0.1, 0.15) is 10.9 Å². The third kappa shape index (κ3) is 2.04. The fourth-order valence-corrected chi connectivity index (χ4v) is 4.61. The molecule has 0 spiro atoms. The van der Waals surface area contributed by atoms with E-state index in [-0.39, 0.29) is 11.8 Å². The van der Waals surface area contributed by atoms with Crippen molar-refractivity contribution in [2.75, 3.05) is 22.5 Å². The summed E-state index contributed by atoms with van der Waals surface area (Å²) in [6, 6.07) is 7.62. The summed E-state index contributed by atoms with van der Waals surface area (Å²) in [5.41, 5.74) is 2.59. The maximum absolute atomic E-state index is 12.7. The van der Waals surface area contributed by atoms with Crippen LogP contribution in [0.3, 0.4) is 0 Å². The molecule has 0 saturated heterocycles. The van der Waals surface area contributed by atoms with Gasteiger partial charge >= 0.3 is 0 Å². The lowest BCUT2D eigenvalue weighted by molar-refractivity contribution is -0.126. The molecule has 0 saturated carbocycles. The van der Waals surface area contributed by atoms with E-state index in [9.17, 15) is 9.59 Å². The quantitative estimate of drug-likeness (QED) is 0.859. The summed E-state index contributed by atoms with van der Waals surface area (Å²) >= 11 is 2.97. The predicted octanol–water partition coefficient (Wildman–Crippen LogP) is 2.63. The summed E-state index contributed by atoms with van der Waals surface area (Å²) in [5.74, 6) is -0.288. The second kappa shape index (κ2) is 5.10. The van der Waals surface area contributed by atoms with Crippen LogP contribution in [-0.2, 0) is 9.59 Å². The molecular weight excluding hydrogens is 318 g/mol. The number of aromatic nitrogens is 1. The number of rotatable bonds is 2. The van der Waals surface area contributed by atoms with Crippen LogP contribution in [0.25, 0.3) is 0 Å². The van der Waals surface area contributed by atoms with E-state index in [2.05, 4.69) is 9.69 Å². The van der Waals surface area contributed by atoms with Crippen molar-refractivity contribution in [3.05, 3.63) is 35.5 Å². The molecule has 112 valence electrons. The largest absolute Gasteiger partial charge is 0.315 e. The highest BCUT2D eigenvalue weighted by molar-refractivity contribution is 7.99. The Morgan fingerprint density at radius 1 is 1.45 bits per heavy atom. The molecule has 0 fully saturated rings. The molecule has 1 aromatic carbocycles. The Kier molecular flexibility index (Phi) is 3.19. The fourth-order valence-electron chi connectivity index (χ4n) is 2.91. The maximum Gasteiger partial charge on any atom is 0.244 e. The monoisotopic (exact) mass is 331 g/mol. The van der Waals surface area contributed by atoms with Crippen LogP contribution in [0.15, 0.2) is 29.2 Å². The van der Waals surface area contributed by atoms with Crippen LogP contribution in [-0.4, -0.2) is 28.5 Å². The Hall–Kier alpha value is -1.86. The molecule has 1 aromatic heterocycles. The third-order valence-corrected chi connectivity index (χ3v) is 5.66. The average Bonchev–Trinajstić information content (AvgIpc) is 3.03. The van der Waals surface area contributed by atoms with Crippen LogP contribution < -0.4 is 10.2 Å². The van der Waals surface area contributed by atoms with Crippen molar-refractivity contribution in [1.82, 2.24) is 4.37 Å². The number of hydrogen-bond donors (Lipinski definition) is 1. The number of amides is 2. The van der Waals surface area contributed by atoms with Crippen molar-refractivity contribution in [2.24, 2.45) is 0 Å². The van der Waals surface area contributed by atoms with Crippen LogP contribution in [0.2, 0.25) is 0 Å². The molecule has 1 unspecified atom stereocenters. The van der Waals surface area contributed by atoms with E-state index in [0.717, 1.165) is 27.6 Å². The van der Waals surface area contributed by atoms with E-state index in [1.54, 1.807) is 16.7 Å². The van der Waals surface area contributed by atoms with Crippen LogP contribution in [0.5, 0.6) is 0 Å². The molecule has 2 aliphatic heterocycles. The molecular formula is C15H13N3O2S2. The first-order chi connectivity index (χ1) is 10.6. The highest BCUT2D eigenvalue weighted by Gasteiger charge is 2.44. The van der Waals surface area contributed by atoms with Crippen LogP contribution >= 0.6 is 23.3 Å². The molecule has 0 aliphatic carbocycles. The van der Waals surface area contributed by atoms with E-state index in [0.29, 0.717) is 11.5 Å². The second-order valence-electron chi connectivity index (χ2n) is 5.29. The second-order valence-corrected chi connectivity index (χ2v) is 7.23. The number of aryl methyl sites for hydroxylation is 1. The number of carbonyl (C=O) groups is 2. The molecule has 1 atom stereocenters. The molecule has 3 heterocycles. The predicted molar refractivity (Wildman–Crippen MR) is 87.7 cm³/mol. The van der Waals surface area contributed by atoms with Gasteiger partial charge in [-0.1, -0.05) is 12.1 Å². The van der Waals surface area contributed by atoms with Gasteiger partial charge in [0.05, 0.1) is 11.4 Å². The molecule has 7 heteroatoms. The van der Waals surface area contributed by atoms with Gasteiger partial charge in [-0.3, -0.25) is 9.59 Å². The summed E-state index contributed by atoms with van der Waals surface area (Å²) in [5, 5.41) is 3.50. The van der Waals surface area contributed by atoms with Gasteiger partial charge in [-0.2, -0.15) is 4.37 Å². The minimum absolute atomic E-state index is 0.124. The third-order valence-electron chi connectivity index (χ3n) is 3.83. The Balaban J connectivity index is 1.70. The van der Waals surface area contributed by atoms with Crippen molar-refractivity contribution in [2.45, 2.75) is 17.7 Å². The molecule has 0 radical (unpaired) electrons. The zero-order valence-electron chi connectivity index (χ0n) is 11.8. The summed E-state index contributed by atoms with van der Waals surface area (Å²) in [4.78, 5) is 28.1. The molecule has 1 N–H and O–H groups in total. The van der Waals surface area contributed by atoms with Crippen molar-refractivity contribution in [1.29, 1.82) is 0 Å². The Morgan fingerprint density at radius 2 is 2.32 bits per heavy atom. The Bertz CT molecular complexity index is 787. The molecule has 5 nitrogen and oxygen atoms in total. The first-order valence-corrected chi connectivity index (χ1v) is 8.72. The topological polar surface area (TPSA) is 62.3 Å². The number of para-hydroxylation sites is 1. The maximum atomic E-state index is 12.7. The minimum atomic E-state index is -0.754. The zero-order valence-corrected chi connectivity index (χ0v) is 13.5. The number of carbonyl (C=O) groups excluding carboxylic acids is 2. The van der Waals surface area contributed by atoms with E-state index in [1.165, 1.54) is 11.5 Å². The standard InChI is InChI=1S/C15H13N3O2S2/c1-8-7-11(22-17-8)16-14(19)12-9-3-2-4-10-13(9)18(15(12)20)5-6-21-10/h2-4,7,12H,5-6H2,1H3,(H,16,19). The summed E-state index contributed by atoms with van der Waals surface area (Å²) < 4.78 is 4.14. The number of hydrogen-bond acceptors (Lipinski definition) is 5. The summed E-state index contributed by atoms with van der Waals surface area (Å²) in [6.45, 7) is 2.53. The van der Waals surface area contributed by atoms with Gasteiger partial charge in [0.25, 0.3) is 0 Å². The van der Waals surface area contributed by atoms with E-state index in [1.807, 2.05) is 31.2 Å². The average molecular weight is 331 g/mol. The lowest BCUT2D eigenvalue weighted by atomic mass is 10.00. The first kappa shape index (κ1) is 13.8.